The van der Waals surface area contributed by atoms with Crippen molar-refractivity contribution in [1.82, 2.24) is 4.90 Å². The molecule has 2 rings (SSSR count). The Morgan fingerprint density at radius 1 is 1.26 bits per heavy atom. The first-order valence-electron chi connectivity index (χ1n) is 7.45. The number of amides is 2. The van der Waals surface area contributed by atoms with E-state index in [0.29, 0.717) is 0 Å². The highest BCUT2D eigenvalue weighted by Crippen LogP contribution is 2.38. The number of para-hydroxylation sites is 1. The molecule has 7 heteroatoms. The van der Waals surface area contributed by atoms with Gasteiger partial charge in [-0.05, 0) is 25.0 Å². The Bertz CT molecular complexity index is 558. The van der Waals surface area contributed by atoms with Crippen LogP contribution in [0.5, 0.6) is 0 Å². The zero-order valence-corrected chi connectivity index (χ0v) is 12.9. The molecule has 0 bridgehead atoms. The number of anilines is 1. The highest BCUT2D eigenvalue weighted by molar-refractivity contribution is 5.91. The predicted molar refractivity (Wildman–Crippen MR) is 81.7 cm³/mol. The van der Waals surface area contributed by atoms with E-state index < -0.39 is 24.2 Å². The summed E-state index contributed by atoms with van der Waals surface area (Å²) >= 11 is 0. The number of benzene rings is 1. The highest BCUT2D eigenvalue weighted by atomic mass is 19.3. The average Bonchev–Trinajstić information content (AvgIpc) is 2.54. The number of likely N-dealkylation sites (tertiary alicyclic amines) is 1. The van der Waals surface area contributed by atoms with E-state index in [1.807, 2.05) is 18.2 Å². The van der Waals surface area contributed by atoms with E-state index in [0.717, 1.165) is 5.69 Å². The second kappa shape index (κ2) is 6.93. The fourth-order valence-electron chi connectivity index (χ4n) is 2.90. The molecule has 0 aliphatic carbocycles. The van der Waals surface area contributed by atoms with Crippen molar-refractivity contribution >= 4 is 17.7 Å². The molecule has 1 aromatic rings. The number of urea groups is 1. The largest absolute Gasteiger partial charge is 0.481 e. The van der Waals surface area contributed by atoms with Gasteiger partial charge in [0.1, 0.15) is 0 Å². The van der Waals surface area contributed by atoms with E-state index >= 15 is 0 Å². The lowest BCUT2D eigenvalue weighted by Gasteiger charge is -2.39. The Morgan fingerprint density at radius 2 is 1.83 bits per heavy atom. The molecule has 0 spiro atoms. The molecule has 1 heterocycles. The fourth-order valence-corrected chi connectivity index (χ4v) is 2.90. The van der Waals surface area contributed by atoms with E-state index in [-0.39, 0.29) is 32.0 Å². The molecule has 1 aliphatic heterocycles. The summed E-state index contributed by atoms with van der Waals surface area (Å²) < 4.78 is 25.4. The molecule has 0 saturated carbocycles. The molecule has 23 heavy (non-hydrogen) atoms. The lowest BCUT2D eigenvalue weighted by Crippen LogP contribution is -2.50. The minimum absolute atomic E-state index is 0.0427. The van der Waals surface area contributed by atoms with E-state index in [9.17, 15) is 23.5 Å². The average molecular weight is 326 g/mol. The number of aliphatic carboxylic acids is 1. The number of hydrogen-bond donors (Lipinski definition) is 1. The van der Waals surface area contributed by atoms with Crippen LogP contribution in [0, 0.1) is 5.41 Å². The van der Waals surface area contributed by atoms with Crippen molar-refractivity contribution in [3.05, 3.63) is 30.3 Å². The van der Waals surface area contributed by atoms with Gasteiger partial charge in [-0.3, -0.25) is 9.69 Å². The SMILES string of the molecule is CN(C(=O)N1CCC(CC(F)F)(C(=O)O)CC1)c1ccccc1. The number of halogens is 2. The zero-order chi connectivity index (χ0) is 17.0. The van der Waals surface area contributed by atoms with E-state index in [2.05, 4.69) is 0 Å². The monoisotopic (exact) mass is 326 g/mol. The Hall–Kier alpha value is -2.18. The van der Waals surface area contributed by atoms with Crippen molar-refractivity contribution in [2.45, 2.75) is 25.7 Å². The van der Waals surface area contributed by atoms with Gasteiger partial charge < -0.3 is 10.0 Å². The maximum absolute atomic E-state index is 12.7. The summed E-state index contributed by atoms with van der Waals surface area (Å²) in [5, 5.41) is 9.30. The van der Waals surface area contributed by atoms with Crippen LogP contribution in [-0.2, 0) is 4.79 Å². The first-order valence-corrected chi connectivity index (χ1v) is 7.45. The summed E-state index contributed by atoms with van der Waals surface area (Å²) in [7, 11) is 1.63. The molecule has 0 unspecified atom stereocenters. The molecule has 0 aromatic heterocycles. The van der Waals surface area contributed by atoms with Gasteiger partial charge >= 0.3 is 12.0 Å². The van der Waals surface area contributed by atoms with Gasteiger partial charge in [-0.2, -0.15) is 0 Å². The molecular formula is C16H20F2N2O3. The number of carboxylic acid groups (broad SMARTS) is 1. The fraction of sp³-hybridized carbons (Fsp3) is 0.500. The number of carboxylic acids is 1. The van der Waals surface area contributed by atoms with Crippen LogP contribution < -0.4 is 4.90 Å². The molecule has 2 amide bonds. The third-order valence-corrected chi connectivity index (χ3v) is 4.42. The van der Waals surface area contributed by atoms with Crippen molar-refractivity contribution in [3.8, 4) is 0 Å². The predicted octanol–water partition coefficient (Wildman–Crippen LogP) is 3.06. The van der Waals surface area contributed by atoms with Crippen molar-refractivity contribution in [2.24, 2.45) is 5.41 Å². The molecule has 0 radical (unpaired) electrons. The zero-order valence-electron chi connectivity index (χ0n) is 12.9. The summed E-state index contributed by atoms with van der Waals surface area (Å²) in [5.74, 6) is -1.21. The van der Waals surface area contributed by atoms with Crippen LogP contribution in [0.15, 0.2) is 30.3 Å². The molecule has 5 nitrogen and oxygen atoms in total. The number of carbonyl (C=O) groups excluding carboxylic acids is 1. The van der Waals surface area contributed by atoms with Gasteiger partial charge in [0, 0.05) is 32.2 Å². The Morgan fingerprint density at radius 3 is 2.30 bits per heavy atom. The van der Waals surface area contributed by atoms with E-state index in [1.165, 1.54) is 9.80 Å². The first kappa shape index (κ1) is 17.2. The van der Waals surface area contributed by atoms with Crippen molar-refractivity contribution in [3.63, 3.8) is 0 Å². The highest BCUT2D eigenvalue weighted by Gasteiger charge is 2.44. The summed E-state index contributed by atoms with van der Waals surface area (Å²) in [6.07, 6.45) is -3.25. The normalized spacial score (nSPS) is 17.1. The van der Waals surface area contributed by atoms with Crippen LogP contribution in [0.3, 0.4) is 0 Å². The lowest BCUT2D eigenvalue weighted by atomic mass is 9.76. The van der Waals surface area contributed by atoms with Gasteiger partial charge in [-0.15, -0.1) is 0 Å². The maximum atomic E-state index is 12.7. The number of rotatable bonds is 4. The number of carbonyl (C=O) groups is 2. The van der Waals surface area contributed by atoms with Crippen molar-refractivity contribution in [2.75, 3.05) is 25.0 Å². The smallest absolute Gasteiger partial charge is 0.324 e. The quantitative estimate of drug-likeness (QED) is 0.925. The molecular weight excluding hydrogens is 306 g/mol. The Kier molecular flexibility index (Phi) is 5.18. The lowest BCUT2D eigenvalue weighted by molar-refractivity contribution is -0.154. The van der Waals surface area contributed by atoms with Crippen LogP contribution in [-0.4, -0.2) is 48.6 Å². The summed E-state index contributed by atoms with van der Waals surface area (Å²) in [5.41, 5.74) is -0.712. The van der Waals surface area contributed by atoms with Crippen molar-refractivity contribution in [1.29, 1.82) is 0 Å². The number of alkyl halides is 2. The minimum Gasteiger partial charge on any atom is -0.481 e. The third kappa shape index (κ3) is 3.78. The number of nitrogens with zero attached hydrogens (tertiary/aromatic N) is 2. The maximum Gasteiger partial charge on any atom is 0.324 e. The number of piperidine rings is 1. The third-order valence-electron chi connectivity index (χ3n) is 4.42. The molecule has 1 N–H and O–H groups in total. The standard InChI is InChI=1S/C16H20F2N2O3/c1-19(12-5-3-2-4-6-12)15(23)20-9-7-16(8-10-20,14(21)22)11-13(17)18/h2-6,13H,7-11H2,1H3,(H,21,22). The van der Waals surface area contributed by atoms with Crippen LogP contribution in [0.2, 0.25) is 0 Å². The molecule has 1 saturated heterocycles. The van der Waals surface area contributed by atoms with Gasteiger partial charge in [-0.25, -0.2) is 13.6 Å². The number of hydrogen-bond acceptors (Lipinski definition) is 2. The molecule has 0 atom stereocenters. The van der Waals surface area contributed by atoms with Gasteiger partial charge in [0.15, 0.2) is 0 Å². The summed E-state index contributed by atoms with van der Waals surface area (Å²) in [6.45, 7) is 0.323. The molecule has 126 valence electrons. The van der Waals surface area contributed by atoms with Crippen molar-refractivity contribution < 1.29 is 23.5 Å². The van der Waals surface area contributed by atoms with Gasteiger partial charge in [0.05, 0.1) is 5.41 Å². The first-order chi connectivity index (χ1) is 10.9. The van der Waals surface area contributed by atoms with Gasteiger partial charge in [-0.1, -0.05) is 18.2 Å². The molecule has 1 aromatic carbocycles. The summed E-state index contributed by atoms with van der Waals surface area (Å²) in [6, 6.07) is 8.79. The minimum atomic E-state index is -2.67. The van der Waals surface area contributed by atoms with Crippen LogP contribution in [0.4, 0.5) is 19.3 Å². The summed E-state index contributed by atoms with van der Waals surface area (Å²) in [4.78, 5) is 26.8. The Labute approximate surface area is 133 Å². The second-order valence-electron chi connectivity index (χ2n) is 5.84. The molecule has 1 aliphatic rings. The topological polar surface area (TPSA) is 60.9 Å². The van der Waals surface area contributed by atoms with Crippen LogP contribution in [0.25, 0.3) is 0 Å². The Balaban J connectivity index is 2.03. The van der Waals surface area contributed by atoms with Crippen LogP contribution in [0.1, 0.15) is 19.3 Å². The van der Waals surface area contributed by atoms with Crippen LogP contribution >= 0.6 is 0 Å². The molecule has 1 fully saturated rings. The second-order valence-corrected chi connectivity index (χ2v) is 5.84. The van der Waals surface area contributed by atoms with E-state index in [1.54, 1.807) is 19.2 Å². The van der Waals surface area contributed by atoms with Gasteiger partial charge in [0.2, 0.25) is 6.43 Å². The van der Waals surface area contributed by atoms with Gasteiger partial charge in [0.25, 0.3) is 0 Å². The van der Waals surface area contributed by atoms with E-state index in [4.69, 9.17) is 0 Å².